The molecule has 0 radical (unpaired) electrons. The Balaban J connectivity index is 1.88. The van der Waals surface area contributed by atoms with Crippen LogP contribution in [0.5, 0.6) is 0 Å². The summed E-state index contributed by atoms with van der Waals surface area (Å²) in [6, 6.07) is 7.42. The van der Waals surface area contributed by atoms with E-state index in [-0.39, 0.29) is 0 Å². The minimum absolute atomic E-state index is 0.401. The second-order valence-corrected chi connectivity index (χ2v) is 5.93. The lowest BCUT2D eigenvalue weighted by Crippen LogP contribution is -2.34. The van der Waals surface area contributed by atoms with Crippen LogP contribution in [0.2, 0.25) is 0 Å². The Morgan fingerprint density at radius 2 is 1.90 bits per heavy atom. The molecule has 1 aromatic carbocycles. The van der Waals surface area contributed by atoms with Gasteiger partial charge in [0, 0.05) is 18.4 Å². The van der Waals surface area contributed by atoms with E-state index < -0.39 is 5.60 Å². The molecule has 1 aliphatic rings. The van der Waals surface area contributed by atoms with Crippen LogP contribution in [-0.2, 0) is 10.3 Å². The second-order valence-electron chi connectivity index (χ2n) is 5.93. The maximum atomic E-state index is 5.78. The fourth-order valence-electron chi connectivity index (χ4n) is 2.90. The number of anilines is 1. The number of methoxy groups -OCH3 is 1. The molecule has 1 aliphatic carbocycles. The summed E-state index contributed by atoms with van der Waals surface area (Å²) in [7, 11) is 1.73. The molecule has 2 N–H and O–H groups in total. The van der Waals surface area contributed by atoms with Crippen LogP contribution in [0, 0.1) is 5.92 Å². The maximum Gasteiger partial charge on any atom is 0.258 e. The molecule has 1 aromatic heterocycles. The highest BCUT2D eigenvalue weighted by Gasteiger charge is 2.40. The predicted molar refractivity (Wildman–Crippen MR) is 80.5 cm³/mol. The number of hydrogen-bond acceptors (Lipinski definition) is 5. The van der Waals surface area contributed by atoms with E-state index in [4.69, 9.17) is 15.0 Å². The van der Waals surface area contributed by atoms with E-state index in [1.165, 1.54) is 0 Å². The van der Waals surface area contributed by atoms with E-state index in [0.717, 1.165) is 37.2 Å². The Labute approximate surface area is 124 Å². The number of benzene rings is 1. The third-order valence-electron chi connectivity index (χ3n) is 4.46. The maximum absolute atomic E-state index is 5.78. The Kier molecular flexibility index (Phi) is 3.68. The van der Waals surface area contributed by atoms with Gasteiger partial charge in [-0.25, -0.2) is 0 Å². The van der Waals surface area contributed by atoms with Crippen molar-refractivity contribution >= 4 is 5.69 Å². The van der Waals surface area contributed by atoms with Gasteiger partial charge in [-0.2, -0.15) is 4.98 Å². The lowest BCUT2D eigenvalue weighted by molar-refractivity contribution is -0.0609. The van der Waals surface area contributed by atoms with Gasteiger partial charge in [-0.3, -0.25) is 0 Å². The molecule has 2 aromatic rings. The molecule has 0 saturated heterocycles. The van der Waals surface area contributed by atoms with Crippen LogP contribution in [0.3, 0.4) is 0 Å². The smallest absolute Gasteiger partial charge is 0.258 e. The zero-order valence-electron chi connectivity index (χ0n) is 12.5. The number of nitrogen functional groups attached to an aromatic ring is 1. The van der Waals surface area contributed by atoms with Crippen molar-refractivity contribution in [2.24, 2.45) is 5.92 Å². The molecule has 0 atom stereocenters. The van der Waals surface area contributed by atoms with Crippen LogP contribution < -0.4 is 5.73 Å². The number of nitrogens with zero attached hydrogens (tertiary/aromatic N) is 2. The molecule has 21 heavy (non-hydrogen) atoms. The molecule has 5 nitrogen and oxygen atoms in total. The van der Waals surface area contributed by atoms with Crippen molar-refractivity contribution in [3.05, 3.63) is 30.1 Å². The average molecular weight is 287 g/mol. The summed E-state index contributed by atoms with van der Waals surface area (Å²) < 4.78 is 11.2. The number of aromatic nitrogens is 2. The van der Waals surface area contributed by atoms with Crippen molar-refractivity contribution in [2.45, 2.75) is 38.2 Å². The Morgan fingerprint density at radius 1 is 1.24 bits per heavy atom. The van der Waals surface area contributed by atoms with Gasteiger partial charge >= 0.3 is 0 Å². The SMILES string of the molecule is COC1(c2noc(-c3ccc(N)cc3)n2)CCC(C)CC1. The number of ether oxygens (including phenoxy) is 1. The fourth-order valence-corrected chi connectivity index (χ4v) is 2.90. The van der Waals surface area contributed by atoms with Gasteiger partial charge in [0.25, 0.3) is 5.89 Å². The topological polar surface area (TPSA) is 74.2 Å². The summed E-state index contributed by atoms with van der Waals surface area (Å²) in [4.78, 5) is 4.56. The molecule has 0 amide bonds. The molecule has 5 heteroatoms. The van der Waals surface area contributed by atoms with E-state index in [0.29, 0.717) is 17.4 Å². The molecule has 0 bridgehead atoms. The fraction of sp³-hybridized carbons (Fsp3) is 0.500. The monoisotopic (exact) mass is 287 g/mol. The summed E-state index contributed by atoms with van der Waals surface area (Å²) in [6.45, 7) is 2.27. The van der Waals surface area contributed by atoms with Crippen LogP contribution >= 0.6 is 0 Å². The third kappa shape index (κ3) is 2.65. The summed E-state index contributed by atoms with van der Waals surface area (Å²) in [6.07, 6.45) is 4.12. The molecule has 0 aliphatic heterocycles. The summed E-state index contributed by atoms with van der Waals surface area (Å²) in [5.74, 6) is 1.90. The van der Waals surface area contributed by atoms with Gasteiger partial charge in [-0.1, -0.05) is 12.1 Å². The van der Waals surface area contributed by atoms with Crippen molar-refractivity contribution in [1.82, 2.24) is 10.1 Å². The van der Waals surface area contributed by atoms with Gasteiger partial charge in [0.2, 0.25) is 5.82 Å². The number of hydrogen-bond donors (Lipinski definition) is 1. The molecule has 112 valence electrons. The van der Waals surface area contributed by atoms with Gasteiger partial charge in [-0.15, -0.1) is 0 Å². The van der Waals surface area contributed by atoms with Crippen molar-refractivity contribution in [1.29, 1.82) is 0 Å². The number of nitrogens with two attached hydrogens (primary N) is 1. The average Bonchev–Trinajstić information content (AvgIpc) is 3.00. The first-order valence-corrected chi connectivity index (χ1v) is 7.38. The number of rotatable bonds is 3. The van der Waals surface area contributed by atoms with Gasteiger partial charge in [0.05, 0.1) is 0 Å². The first-order valence-electron chi connectivity index (χ1n) is 7.38. The zero-order valence-corrected chi connectivity index (χ0v) is 12.5. The summed E-state index contributed by atoms with van der Waals surface area (Å²) in [5, 5.41) is 4.16. The van der Waals surface area contributed by atoms with Crippen LogP contribution in [0.25, 0.3) is 11.5 Å². The van der Waals surface area contributed by atoms with Crippen molar-refractivity contribution in [3.8, 4) is 11.5 Å². The second kappa shape index (κ2) is 5.48. The third-order valence-corrected chi connectivity index (χ3v) is 4.46. The highest BCUT2D eigenvalue weighted by atomic mass is 16.5. The zero-order chi connectivity index (χ0) is 14.9. The standard InChI is InChI=1S/C16H21N3O2/c1-11-7-9-16(20-2,10-8-11)15-18-14(21-19-15)12-3-5-13(17)6-4-12/h3-6,11H,7-10,17H2,1-2H3. The molecular weight excluding hydrogens is 266 g/mol. The largest absolute Gasteiger partial charge is 0.399 e. The first kappa shape index (κ1) is 14.1. The lowest BCUT2D eigenvalue weighted by Gasteiger charge is -2.35. The van der Waals surface area contributed by atoms with Crippen LogP contribution in [0.4, 0.5) is 5.69 Å². The summed E-state index contributed by atoms with van der Waals surface area (Å²) in [5.41, 5.74) is 6.88. The van der Waals surface area contributed by atoms with Crippen molar-refractivity contribution in [2.75, 3.05) is 12.8 Å². The Morgan fingerprint density at radius 3 is 2.52 bits per heavy atom. The molecular formula is C16H21N3O2. The highest BCUT2D eigenvalue weighted by Crippen LogP contribution is 2.41. The first-order chi connectivity index (χ1) is 10.1. The van der Waals surface area contributed by atoms with Gasteiger partial charge < -0.3 is 15.0 Å². The highest BCUT2D eigenvalue weighted by molar-refractivity contribution is 5.57. The van der Waals surface area contributed by atoms with Gasteiger partial charge in [0.15, 0.2) is 0 Å². The van der Waals surface area contributed by atoms with Crippen molar-refractivity contribution in [3.63, 3.8) is 0 Å². The Bertz CT molecular complexity index is 598. The Hall–Kier alpha value is -1.88. The van der Waals surface area contributed by atoms with Crippen LogP contribution in [0.1, 0.15) is 38.4 Å². The van der Waals surface area contributed by atoms with E-state index in [1.54, 1.807) is 7.11 Å². The molecule has 1 heterocycles. The summed E-state index contributed by atoms with van der Waals surface area (Å²) >= 11 is 0. The van der Waals surface area contributed by atoms with E-state index in [2.05, 4.69) is 17.1 Å². The predicted octanol–water partition coefficient (Wildman–Crippen LogP) is 3.37. The minimum Gasteiger partial charge on any atom is -0.399 e. The molecule has 1 fully saturated rings. The molecule has 0 unspecified atom stereocenters. The van der Waals surface area contributed by atoms with Gasteiger partial charge in [-0.05, 0) is 55.9 Å². The minimum atomic E-state index is -0.401. The molecule has 0 spiro atoms. The lowest BCUT2D eigenvalue weighted by atomic mass is 9.79. The van der Waals surface area contributed by atoms with Crippen LogP contribution in [-0.4, -0.2) is 17.3 Å². The van der Waals surface area contributed by atoms with E-state index >= 15 is 0 Å². The molecule has 3 rings (SSSR count). The van der Waals surface area contributed by atoms with Crippen molar-refractivity contribution < 1.29 is 9.26 Å². The quantitative estimate of drug-likeness (QED) is 0.876. The van der Waals surface area contributed by atoms with Crippen LogP contribution in [0.15, 0.2) is 28.8 Å². The van der Waals surface area contributed by atoms with E-state index in [9.17, 15) is 0 Å². The van der Waals surface area contributed by atoms with E-state index in [1.807, 2.05) is 24.3 Å². The van der Waals surface area contributed by atoms with Gasteiger partial charge in [0.1, 0.15) is 5.60 Å². The molecule has 1 saturated carbocycles. The normalized spacial score (nSPS) is 25.9.